The first kappa shape index (κ1) is 10.8. The average molecular weight is 222 g/mol. The van der Waals surface area contributed by atoms with Crippen molar-refractivity contribution in [1.29, 1.82) is 0 Å². The van der Waals surface area contributed by atoms with Crippen molar-refractivity contribution in [2.45, 2.75) is 12.3 Å². The molecule has 1 aromatic rings. The zero-order valence-corrected chi connectivity index (χ0v) is 7.63. The lowest BCUT2D eigenvalue weighted by Gasteiger charge is -2.07. The van der Waals surface area contributed by atoms with Crippen molar-refractivity contribution < 1.29 is 18.7 Å². The SMILES string of the molecule is O=C(O)c1ccnc(CCl)c1C(F)F. The van der Waals surface area contributed by atoms with Crippen molar-refractivity contribution in [3.63, 3.8) is 0 Å². The van der Waals surface area contributed by atoms with E-state index in [0.717, 1.165) is 12.3 Å². The van der Waals surface area contributed by atoms with Crippen LogP contribution in [-0.2, 0) is 5.88 Å². The Hall–Kier alpha value is -1.23. The number of alkyl halides is 3. The van der Waals surface area contributed by atoms with Crippen LogP contribution < -0.4 is 0 Å². The molecular formula is C8H6ClF2NO2. The summed E-state index contributed by atoms with van der Waals surface area (Å²) in [6, 6.07) is 1.03. The van der Waals surface area contributed by atoms with Crippen LogP contribution in [0.25, 0.3) is 0 Å². The fourth-order valence-corrected chi connectivity index (χ4v) is 1.27. The maximum atomic E-state index is 12.5. The number of aromatic nitrogens is 1. The molecule has 0 unspecified atom stereocenters. The predicted octanol–water partition coefficient (Wildman–Crippen LogP) is 2.46. The van der Waals surface area contributed by atoms with E-state index < -0.39 is 23.5 Å². The summed E-state index contributed by atoms with van der Waals surface area (Å²) < 4.78 is 24.9. The van der Waals surface area contributed by atoms with Crippen molar-refractivity contribution in [3.8, 4) is 0 Å². The molecule has 0 aliphatic heterocycles. The second kappa shape index (κ2) is 4.32. The number of rotatable bonds is 3. The van der Waals surface area contributed by atoms with Crippen LogP contribution in [0.3, 0.4) is 0 Å². The molecule has 0 aliphatic carbocycles. The molecule has 0 bridgehead atoms. The minimum absolute atomic E-state index is 0.0958. The normalized spacial score (nSPS) is 10.6. The fraction of sp³-hybridized carbons (Fsp3) is 0.250. The van der Waals surface area contributed by atoms with E-state index in [4.69, 9.17) is 16.7 Å². The van der Waals surface area contributed by atoms with Crippen molar-refractivity contribution in [2.75, 3.05) is 0 Å². The highest BCUT2D eigenvalue weighted by Gasteiger charge is 2.21. The van der Waals surface area contributed by atoms with Gasteiger partial charge in [0.05, 0.1) is 22.7 Å². The maximum absolute atomic E-state index is 12.5. The topological polar surface area (TPSA) is 50.2 Å². The van der Waals surface area contributed by atoms with E-state index in [-0.39, 0.29) is 11.6 Å². The second-order valence-corrected chi connectivity index (χ2v) is 2.73. The summed E-state index contributed by atoms with van der Waals surface area (Å²) in [5.41, 5.74) is -1.15. The molecule has 0 amide bonds. The molecule has 0 aromatic carbocycles. The lowest BCUT2D eigenvalue weighted by molar-refractivity contribution is 0.0683. The predicted molar refractivity (Wildman–Crippen MR) is 45.7 cm³/mol. The Labute approximate surface area is 83.3 Å². The number of carboxylic acid groups (broad SMARTS) is 1. The third kappa shape index (κ3) is 1.98. The van der Waals surface area contributed by atoms with Crippen molar-refractivity contribution >= 4 is 17.6 Å². The minimum atomic E-state index is -2.89. The van der Waals surface area contributed by atoms with Gasteiger partial charge in [-0.05, 0) is 6.07 Å². The zero-order chi connectivity index (χ0) is 10.7. The lowest BCUT2D eigenvalue weighted by atomic mass is 10.1. The summed E-state index contributed by atoms with van der Waals surface area (Å²) in [6.45, 7) is 0. The van der Waals surface area contributed by atoms with Gasteiger partial charge >= 0.3 is 5.97 Å². The van der Waals surface area contributed by atoms with Crippen LogP contribution in [-0.4, -0.2) is 16.1 Å². The molecule has 0 fully saturated rings. The van der Waals surface area contributed by atoms with Crippen LogP contribution in [0, 0.1) is 0 Å². The Morgan fingerprint density at radius 2 is 2.29 bits per heavy atom. The standard InChI is InChI=1S/C8H6ClF2NO2/c9-3-5-6(7(10)11)4(8(13)14)1-2-12-5/h1-2,7H,3H2,(H,13,14). The highest BCUT2D eigenvalue weighted by atomic mass is 35.5. The molecule has 0 radical (unpaired) electrons. The summed E-state index contributed by atoms with van der Waals surface area (Å²) in [4.78, 5) is 14.2. The number of pyridine rings is 1. The molecule has 0 atom stereocenters. The first-order valence-corrected chi connectivity index (χ1v) is 4.16. The van der Waals surface area contributed by atoms with Crippen molar-refractivity contribution in [2.24, 2.45) is 0 Å². The van der Waals surface area contributed by atoms with Crippen LogP contribution in [0.15, 0.2) is 12.3 Å². The number of carbonyl (C=O) groups is 1. The minimum Gasteiger partial charge on any atom is -0.478 e. The van der Waals surface area contributed by atoms with Gasteiger partial charge in [-0.3, -0.25) is 4.98 Å². The molecule has 1 heterocycles. The Bertz CT molecular complexity index is 357. The third-order valence-electron chi connectivity index (χ3n) is 1.65. The van der Waals surface area contributed by atoms with Crippen LogP contribution in [0.5, 0.6) is 0 Å². The maximum Gasteiger partial charge on any atom is 0.336 e. The first-order valence-electron chi connectivity index (χ1n) is 3.63. The van der Waals surface area contributed by atoms with Crippen molar-refractivity contribution in [3.05, 3.63) is 29.1 Å². The molecule has 0 saturated heterocycles. The molecule has 1 aromatic heterocycles. The second-order valence-electron chi connectivity index (χ2n) is 2.46. The van der Waals surface area contributed by atoms with Gasteiger partial charge in [0.25, 0.3) is 6.43 Å². The average Bonchev–Trinajstić information content (AvgIpc) is 2.16. The van der Waals surface area contributed by atoms with E-state index in [1.165, 1.54) is 0 Å². The number of aromatic carboxylic acids is 1. The largest absolute Gasteiger partial charge is 0.478 e. The first-order chi connectivity index (χ1) is 6.57. The Morgan fingerprint density at radius 3 is 2.71 bits per heavy atom. The molecule has 0 saturated carbocycles. The monoisotopic (exact) mass is 221 g/mol. The number of carboxylic acids is 1. The molecule has 6 heteroatoms. The number of hydrogen-bond acceptors (Lipinski definition) is 2. The summed E-state index contributed by atoms with van der Waals surface area (Å²) in [7, 11) is 0. The highest BCUT2D eigenvalue weighted by Crippen LogP contribution is 2.26. The molecule has 76 valence electrons. The van der Waals surface area contributed by atoms with Crippen LogP contribution in [0.2, 0.25) is 0 Å². The smallest absolute Gasteiger partial charge is 0.336 e. The number of nitrogens with zero attached hydrogens (tertiary/aromatic N) is 1. The third-order valence-corrected chi connectivity index (χ3v) is 1.90. The zero-order valence-electron chi connectivity index (χ0n) is 6.88. The molecule has 1 N–H and O–H groups in total. The van der Waals surface area contributed by atoms with Crippen LogP contribution in [0.1, 0.15) is 28.0 Å². The van der Waals surface area contributed by atoms with Crippen LogP contribution >= 0.6 is 11.6 Å². The van der Waals surface area contributed by atoms with E-state index in [0.29, 0.717) is 0 Å². The molecule has 0 spiro atoms. The summed E-state index contributed by atoms with van der Waals surface area (Å²) in [6.07, 6.45) is -1.74. The van der Waals surface area contributed by atoms with E-state index in [9.17, 15) is 13.6 Å². The van der Waals surface area contributed by atoms with Gasteiger partial charge in [-0.25, -0.2) is 13.6 Å². The Balaban J connectivity index is 3.35. The van der Waals surface area contributed by atoms with Gasteiger partial charge in [0.2, 0.25) is 0 Å². The van der Waals surface area contributed by atoms with Gasteiger partial charge in [0.15, 0.2) is 0 Å². The van der Waals surface area contributed by atoms with Gasteiger partial charge < -0.3 is 5.11 Å². The molecule has 14 heavy (non-hydrogen) atoms. The van der Waals surface area contributed by atoms with E-state index in [2.05, 4.69) is 4.98 Å². The highest BCUT2D eigenvalue weighted by molar-refractivity contribution is 6.17. The lowest BCUT2D eigenvalue weighted by Crippen LogP contribution is -2.07. The van der Waals surface area contributed by atoms with Gasteiger partial charge in [-0.2, -0.15) is 0 Å². The fourth-order valence-electron chi connectivity index (χ4n) is 1.05. The Morgan fingerprint density at radius 1 is 1.64 bits per heavy atom. The number of halogens is 3. The summed E-state index contributed by atoms with van der Waals surface area (Å²) in [5.74, 6) is -1.64. The van der Waals surface area contributed by atoms with Crippen LogP contribution in [0.4, 0.5) is 8.78 Å². The number of hydrogen-bond donors (Lipinski definition) is 1. The van der Waals surface area contributed by atoms with E-state index in [1.54, 1.807) is 0 Å². The molecule has 3 nitrogen and oxygen atoms in total. The molecular weight excluding hydrogens is 216 g/mol. The van der Waals surface area contributed by atoms with Gasteiger partial charge in [-0.15, -0.1) is 11.6 Å². The molecule has 0 aliphatic rings. The van der Waals surface area contributed by atoms with Gasteiger partial charge in [-0.1, -0.05) is 0 Å². The summed E-state index contributed by atoms with van der Waals surface area (Å²) >= 11 is 5.36. The Kier molecular flexibility index (Phi) is 3.35. The van der Waals surface area contributed by atoms with Gasteiger partial charge in [0.1, 0.15) is 0 Å². The van der Waals surface area contributed by atoms with E-state index >= 15 is 0 Å². The summed E-state index contributed by atoms with van der Waals surface area (Å²) in [5, 5.41) is 8.63. The van der Waals surface area contributed by atoms with E-state index in [1.807, 2.05) is 0 Å². The van der Waals surface area contributed by atoms with Gasteiger partial charge in [0, 0.05) is 6.20 Å². The molecule has 1 rings (SSSR count). The quantitative estimate of drug-likeness (QED) is 0.798. The van der Waals surface area contributed by atoms with Crippen molar-refractivity contribution in [1.82, 2.24) is 4.98 Å².